The van der Waals surface area contributed by atoms with Crippen LogP contribution in [-0.4, -0.2) is 56.3 Å². The Balaban J connectivity index is 1.73. The number of benzene rings is 1. The van der Waals surface area contributed by atoms with Crippen LogP contribution in [0.25, 0.3) is 0 Å². The van der Waals surface area contributed by atoms with Gasteiger partial charge in [-0.3, -0.25) is 9.69 Å². The van der Waals surface area contributed by atoms with E-state index >= 15 is 0 Å². The molecular formula is C21H35N3O3. The number of hydrogen-bond donors (Lipinski definition) is 2. The van der Waals surface area contributed by atoms with Gasteiger partial charge < -0.3 is 20.5 Å². The Hall–Kier alpha value is -1.63. The van der Waals surface area contributed by atoms with Crippen molar-refractivity contribution in [1.29, 1.82) is 0 Å². The maximum Gasteiger partial charge on any atom is 0.237 e. The molecule has 0 unspecified atom stereocenters. The monoisotopic (exact) mass is 377 g/mol. The van der Waals surface area contributed by atoms with E-state index in [1.165, 1.54) is 0 Å². The van der Waals surface area contributed by atoms with Crippen LogP contribution in [0.15, 0.2) is 24.3 Å². The fraction of sp³-hybridized carbons (Fsp3) is 0.667. The average molecular weight is 378 g/mol. The summed E-state index contributed by atoms with van der Waals surface area (Å²) in [6.07, 6.45) is 2.87. The van der Waals surface area contributed by atoms with Gasteiger partial charge in [0.1, 0.15) is 12.4 Å². The normalized spacial score (nSPS) is 16.5. The molecule has 1 heterocycles. The van der Waals surface area contributed by atoms with Gasteiger partial charge in [0, 0.05) is 32.3 Å². The van der Waals surface area contributed by atoms with Crippen molar-refractivity contribution >= 4 is 5.91 Å². The standard InChI is InChI=1S/C21H35N3O3/c1-16(2)13-20(22)21(25)23-15-17-5-4-6-19(14-17)27-12-9-24(3)18-7-10-26-11-8-18/h4-6,14,16,18,20H,7-13,15,22H2,1-3H3,(H,23,25)/t20-/m0/s1. The highest BCUT2D eigenvalue weighted by molar-refractivity contribution is 5.81. The number of nitrogens with two attached hydrogens (primary N) is 1. The van der Waals surface area contributed by atoms with Crippen LogP contribution in [-0.2, 0) is 16.1 Å². The van der Waals surface area contributed by atoms with Crippen LogP contribution < -0.4 is 15.8 Å². The summed E-state index contributed by atoms with van der Waals surface area (Å²) in [7, 11) is 2.14. The molecule has 1 aromatic rings. The third kappa shape index (κ3) is 7.87. The number of amides is 1. The van der Waals surface area contributed by atoms with E-state index in [-0.39, 0.29) is 5.91 Å². The molecule has 1 aliphatic rings. The van der Waals surface area contributed by atoms with Crippen LogP contribution in [0.4, 0.5) is 0 Å². The Morgan fingerprint density at radius 3 is 2.81 bits per heavy atom. The van der Waals surface area contributed by atoms with Crippen LogP contribution >= 0.6 is 0 Å². The van der Waals surface area contributed by atoms with Crippen molar-refractivity contribution in [1.82, 2.24) is 10.2 Å². The molecule has 0 aromatic heterocycles. The minimum Gasteiger partial charge on any atom is -0.492 e. The Bertz CT molecular complexity index is 574. The molecule has 6 nitrogen and oxygen atoms in total. The molecule has 6 heteroatoms. The molecule has 0 bridgehead atoms. The van der Waals surface area contributed by atoms with E-state index in [2.05, 4.69) is 31.1 Å². The molecule has 1 aliphatic heterocycles. The molecule has 1 fully saturated rings. The lowest BCUT2D eigenvalue weighted by molar-refractivity contribution is -0.122. The maximum atomic E-state index is 12.1. The molecule has 0 radical (unpaired) electrons. The first-order valence-electron chi connectivity index (χ1n) is 9.98. The van der Waals surface area contributed by atoms with Gasteiger partial charge in [0.25, 0.3) is 0 Å². The summed E-state index contributed by atoms with van der Waals surface area (Å²) >= 11 is 0. The number of rotatable bonds is 10. The van der Waals surface area contributed by atoms with Gasteiger partial charge in [-0.25, -0.2) is 0 Å². The van der Waals surface area contributed by atoms with Gasteiger partial charge in [0.05, 0.1) is 6.04 Å². The number of nitrogens with zero attached hydrogens (tertiary/aromatic N) is 1. The molecular weight excluding hydrogens is 342 g/mol. The van der Waals surface area contributed by atoms with E-state index in [9.17, 15) is 4.79 Å². The Morgan fingerprint density at radius 2 is 2.11 bits per heavy atom. The minimum absolute atomic E-state index is 0.104. The van der Waals surface area contributed by atoms with Gasteiger partial charge in [0.2, 0.25) is 5.91 Å². The Kier molecular flexibility index (Phi) is 9.04. The summed E-state index contributed by atoms with van der Waals surface area (Å²) in [6.45, 7) is 7.82. The van der Waals surface area contributed by atoms with Gasteiger partial charge in [-0.1, -0.05) is 26.0 Å². The van der Waals surface area contributed by atoms with Gasteiger partial charge >= 0.3 is 0 Å². The van der Waals surface area contributed by atoms with Crippen LogP contribution in [0.1, 0.15) is 38.7 Å². The highest BCUT2D eigenvalue weighted by Gasteiger charge is 2.18. The Labute approximate surface area is 163 Å². The number of carbonyl (C=O) groups is 1. The van der Waals surface area contributed by atoms with Gasteiger partial charge in [-0.15, -0.1) is 0 Å². The van der Waals surface area contributed by atoms with E-state index in [4.69, 9.17) is 15.2 Å². The first kappa shape index (κ1) is 21.7. The van der Waals surface area contributed by atoms with Crippen molar-refractivity contribution in [3.8, 4) is 5.75 Å². The first-order valence-corrected chi connectivity index (χ1v) is 9.98. The summed E-state index contributed by atoms with van der Waals surface area (Å²) in [5.41, 5.74) is 6.93. The zero-order valence-electron chi connectivity index (χ0n) is 16.9. The number of ether oxygens (including phenoxy) is 2. The summed E-state index contributed by atoms with van der Waals surface area (Å²) in [4.78, 5) is 14.4. The van der Waals surface area contributed by atoms with Gasteiger partial charge in [-0.05, 0) is 49.9 Å². The first-order chi connectivity index (χ1) is 13.0. The lowest BCUT2D eigenvalue weighted by atomic mass is 10.0. The zero-order valence-corrected chi connectivity index (χ0v) is 16.9. The summed E-state index contributed by atoms with van der Waals surface area (Å²) < 4.78 is 11.3. The van der Waals surface area contributed by atoms with E-state index < -0.39 is 6.04 Å². The largest absolute Gasteiger partial charge is 0.492 e. The van der Waals surface area contributed by atoms with E-state index in [1.54, 1.807) is 0 Å². The van der Waals surface area contributed by atoms with E-state index in [0.717, 1.165) is 43.9 Å². The van der Waals surface area contributed by atoms with Crippen LogP contribution in [0.5, 0.6) is 5.75 Å². The molecule has 1 amide bonds. The summed E-state index contributed by atoms with van der Waals surface area (Å²) in [6, 6.07) is 7.99. The van der Waals surface area contributed by atoms with Crippen molar-refractivity contribution < 1.29 is 14.3 Å². The molecule has 0 saturated carbocycles. The van der Waals surface area contributed by atoms with Crippen molar-refractivity contribution in [2.45, 2.75) is 51.7 Å². The lowest BCUT2D eigenvalue weighted by Crippen LogP contribution is -2.41. The smallest absolute Gasteiger partial charge is 0.237 e. The van der Waals surface area contributed by atoms with Gasteiger partial charge in [-0.2, -0.15) is 0 Å². The molecule has 1 atom stereocenters. The van der Waals surface area contributed by atoms with Crippen LogP contribution in [0.3, 0.4) is 0 Å². The molecule has 2 rings (SSSR count). The van der Waals surface area contributed by atoms with E-state index in [0.29, 0.717) is 31.5 Å². The zero-order chi connectivity index (χ0) is 19.6. The van der Waals surface area contributed by atoms with E-state index in [1.807, 2.05) is 24.3 Å². The molecule has 0 aliphatic carbocycles. The fourth-order valence-corrected chi connectivity index (χ4v) is 3.30. The van der Waals surface area contributed by atoms with Crippen molar-refractivity contribution in [2.75, 3.05) is 33.4 Å². The number of likely N-dealkylation sites (N-methyl/N-ethyl adjacent to an activating group) is 1. The predicted molar refractivity (Wildman–Crippen MR) is 108 cm³/mol. The molecule has 152 valence electrons. The molecule has 1 saturated heterocycles. The van der Waals surface area contributed by atoms with Crippen molar-refractivity contribution in [2.24, 2.45) is 11.7 Å². The minimum atomic E-state index is -0.454. The summed E-state index contributed by atoms with van der Waals surface area (Å²) in [5.74, 6) is 1.13. The average Bonchev–Trinajstić information content (AvgIpc) is 2.66. The second-order valence-corrected chi connectivity index (χ2v) is 7.77. The molecule has 3 N–H and O–H groups in total. The van der Waals surface area contributed by atoms with Gasteiger partial charge in [0.15, 0.2) is 0 Å². The maximum absolute atomic E-state index is 12.1. The van der Waals surface area contributed by atoms with Crippen molar-refractivity contribution in [3.63, 3.8) is 0 Å². The highest BCUT2D eigenvalue weighted by atomic mass is 16.5. The SMILES string of the molecule is CC(C)C[C@H](N)C(=O)NCc1cccc(OCCN(C)C2CCOCC2)c1. The number of carbonyl (C=O) groups excluding carboxylic acids is 1. The predicted octanol–water partition coefficient (Wildman–Crippen LogP) is 2.17. The number of hydrogen-bond acceptors (Lipinski definition) is 5. The third-order valence-electron chi connectivity index (χ3n) is 4.95. The summed E-state index contributed by atoms with van der Waals surface area (Å²) in [5, 5.41) is 2.91. The van der Waals surface area contributed by atoms with Crippen molar-refractivity contribution in [3.05, 3.63) is 29.8 Å². The molecule has 27 heavy (non-hydrogen) atoms. The fourth-order valence-electron chi connectivity index (χ4n) is 3.30. The Morgan fingerprint density at radius 1 is 1.37 bits per heavy atom. The highest BCUT2D eigenvalue weighted by Crippen LogP contribution is 2.15. The second kappa shape index (κ2) is 11.3. The van der Waals surface area contributed by atoms with Crippen LogP contribution in [0.2, 0.25) is 0 Å². The third-order valence-corrected chi connectivity index (χ3v) is 4.95. The van der Waals surface area contributed by atoms with Crippen LogP contribution in [0, 0.1) is 5.92 Å². The lowest BCUT2D eigenvalue weighted by Gasteiger charge is -2.31. The topological polar surface area (TPSA) is 76.8 Å². The quantitative estimate of drug-likeness (QED) is 0.653. The molecule has 0 spiro atoms. The molecule has 1 aromatic carbocycles. The second-order valence-electron chi connectivity index (χ2n) is 7.77. The number of nitrogens with one attached hydrogen (secondary N) is 1.